The van der Waals surface area contributed by atoms with Gasteiger partial charge in [-0.05, 0) is 31.5 Å². The van der Waals surface area contributed by atoms with Gasteiger partial charge in [0.1, 0.15) is 6.04 Å². The largest absolute Gasteiger partial charge is 0.347 e. The molecule has 4 heteroatoms. The summed E-state index contributed by atoms with van der Waals surface area (Å²) in [6.07, 6.45) is 0. The maximum absolute atomic E-state index is 12.2. The first kappa shape index (κ1) is 16.5. The first-order valence-electron chi connectivity index (χ1n) is 7.48. The van der Waals surface area contributed by atoms with E-state index in [-0.39, 0.29) is 18.0 Å². The van der Waals surface area contributed by atoms with Crippen LogP contribution >= 0.6 is 11.6 Å². The summed E-state index contributed by atoms with van der Waals surface area (Å²) >= 11 is 5.90. The fraction of sp³-hybridized carbons (Fsp3) is 0.278. The van der Waals surface area contributed by atoms with Crippen LogP contribution in [0.2, 0.25) is 5.02 Å². The smallest absolute Gasteiger partial charge is 0.278 e. The minimum absolute atomic E-state index is 0.0460. The number of rotatable bonds is 6. The molecule has 0 aliphatic heterocycles. The van der Waals surface area contributed by atoms with Gasteiger partial charge in [-0.2, -0.15) is 0 Å². The van der Waals surface area contributed by atoms with Crippen molar-refractivity contribution in [3.8, 4) is 0 Å². The fourth-order valence-electron chi connectivity index (χ4n) is 2.34. The molecule has 0 spiro atoms. The molecule has 0 aliphatic carbocycles. The quantitative estimate of drug-likeness (QED) is 0.845. The Hall–Kier alpha value is -1.84. The van der Waals surface area contributed by atoms with Crippen LogP contribution in [0.15, 0.2) is 54.6 Å². The fourth-order valence-corrected chi connectivity index (χ4v) is 2.47. The molecule has 0 aromatic heterocycles. The number of carbonyl (C=O) groups is 1. The summed E-state index contributed by atoms with van der Waals surface area (Å²) in [6.45, 7) is 4.57. The predicted octanol–water partition coefficient (Wildman–Crippen LogP) is 2.67. The number of quaternary nitrogens is 1. The van der Waals surface area contributed by atoms with Crippen molar-refractivity contribution in [1.29, 1.82) is 0 Å². The molecule has 0 saturated heterocycles. The number of amides is 1. The number of nitrogens with two attached hydrogens (primary N) is 1. The molecule has 0 heterocycles. The second-order valence-corrected chi connectivity index (χ2v) is 5.96. The normalized spacial score (nSPS) is 13.4. The molecule has 1 amide bonds. The topological polar surface area (TPSA) is 45.7 Å². The standard InChI is InChI=1S/C18H21ClN2O/c1-13(16-8-10-17(19)11-9-16)21-14(2)18(22)20-12-15-6-4-3-5-7-15/h3-11,13-14,21H,12H2,1-2H3,(H,20,22)/p+1/t13-,14-/m0/s1. The van der Waals surface area contributed by atoms with Crippen LogP contribution in [-0.4, -0.2) is 11.9 Å². The van der Waals surface area contributed by atoms with E-state index in [1.54, 1.807) is 0 Å². The summed E-state index contributed by atoms with van der Waals surface area (Å²) < 4.78 is 0. The summed E-state index contributed by atoms with van der Waals surface area (Å²) in [4.78, 5) is 12.2. The summed E-state index contributed by atoms with van der Waals surface area (Å²) in [5.41, 5.74) is 2.26. The van der Waals surface area contributed by atoms with Gasteiger partial charge >= 0.3 is 0 Å². The van der Waals surface area contributed by atoms with E-state index in [9.17, 15) is 4.79 Å². The SMILES string of the molecule is C[C@H]([NH2+][C@@H](C)c1ccc(Cl)cc1)C(=O)NCc1ccccc1. The molecule has 0 fully saturated rings. The number of hydrogen-bond acceptors (Lipinski definition) is 1. The second kappa shape index (κ2) is 7.97. The van der Waals surface area contributed by atoms with Crippen LogP contribution in [0.3, 0.4) is 0 Å². The van der Waals surface area contributed by atoms with Gasteiger partial charge in [0, 0.05) is 17.1 Å². The Kier molecular flexibility index (Phi) is 5.99. The highest BCUT2D eigenvalue weighted by Gasteiger charge is 2.19. The molecule has 0 unspecified atom stereocenters. The Morgan fingerprint density at radius 1 is 1.09 bits per heavy atom. The number of halogens is 1. The van der Waals surface area contributed by atoms with Gasteiger partial charge in [-0.1, -0.05) is 54.1 Å². The van der Waals surface area contributed by atoms with E-state index < -0.39 is 0 Å². The first-order valence-corrected chi connectivity index (χ1v) is 7.86. The highest BCUT2D eigenvalue weighted by Crippen LogP contribution is 2.13. The van der Waals surface area contributed by atoms with Crippen LogP contribution in [0.5, 0.6) is 0 Å². The lowest BCUT2D eigenvalue weighted by molar-refractivity contribution is -0.710. The summed E-state index contributed by atoms with van der Waals surface area (Å²) in [5, 5.41) is 5.76. The van der Waals surface area contributed by atoms with Gasteiger partial charge < -0.3 is 10.6 Å². The minimum atomic E-state index is -0.144. The Balaban J connectivity index is 1.84. The molecular formula is C18H22ClN2O+. The van der Waals surface area contributed by atoms with Gasteiger partial charge in [0.05, 0.1) is 0 Å². The van der Waals surface area contributed by atoms with Crippen molar-refractivity contribution in [3.63, 3.8) is 0 Å². The number of benzene rings is 2. The van der Waals surface area contributed by atoms with Crippen LogP contribution in [0.4, 0.5) is 0 Å². The maximum Gasteiger partial charge on any atom is 0.278 e. The van der Waals surface area contributed by atoms with Crippen LogP contribution < -0.4 is 10.6 Å². The molecule has 2 atom stereocenters. The van der Waals surface area contributed by atoms with Crippen molar-refractivity contribution >= 4 is 17.5 Å². The molecule has 0 aliphatic rings. The lowest BCUT2D eigenvalue weighted by Gasteiger charge is -2.17. The van der Waals surface area contributed by atoms with Crippen molar-refractivity contribution in [2.75, 3.05) is 0 Å². The van der Waals surface area contributed by atoms with Crippen molar-refractivity contribution in [3.05, 3.63) is 70.7 Å². The van der Waals surface area contributed by atoms with Crippen molar-refractivity contribution in [2.45, 2.75) is 32.5 Å². The zero-order valence-electron chi connectivity index (χ0n) is 12.9. The summed E-state index contributed by atoms with van der Waals surface area (Å²) in [7, 11) is 0. The summed E-state index contributed by atoms with van der Waals surface area (Å²) in [6, 6.07) is 17.7. The molecule has 3 N–H and O–H groups in total. The average Bonchev–Trinajstić information content (AvgIpc) is 2.54. The van der Waals surface area contributed by atoms with E-state index in [0.29, 0.717) is 6.54 Å². The van der Waals surface area contributed by atoms with E-state index in [1.165, 1.54) is 0 Å². The Bertz CT molecular complexity index is 598. The Labute approximate surface area is 136 Å². The molecule has 0 radical (unpaired) electrons. The molecule has 2 rings (SSSR count). The lowest BCUT2D eigenvalue weighted by Crippen LogP contribution is -2.92. The van der Waals surface area contributed by atoms with Crippen molar-refractivity contribution in [1.82, 2.24) is 5.32 Å². The van der Waals surface area contributed by atoms with E-state index in [2.05, 4.69) is 17.6 Å². The van der Waals surface area contributed by atoms with Crippen molar-refractivity contribution in [2.24, 2.45) is 0 Å². The van der Waals surface area contributed by atoms with Crippen LogP contribution in [0.1, 0.15) is 31.0 Å². The molecule has 2 aromatic rings. The van der Waals surface area contributed by atoms with E-state index in [4.69, 9.17) is 11.6 Å². The molecule has 3 nitrogen and oxygen atoms in total. The molecule has 2 aromatic carbocycles. The highest BCUT2D eigenvalue weighted by atomic mass is 35.5. The molecule has 22 heavy (non-hydrogen) atoms. The van der Waals surface area contributed by atoms with Crippen LogP contribution in [-0.2, 0) is 11.3 Å². The third-order valence-electron chi connectivity index (χ3n) is 3.70. The first-order chi connectivity index (χ1) is 10.6. The molecular weight excluding hydrogens is 296 g/mol. The van der Waals surface area contributed by atoms with Gasteiger partial charge in [0.15, 0.2) is 6.04 Å². The minimum Gasteiger partial charge on any atom is -0.347 e. The van der Waals surface area contributed by atoms with E-state index >= 15 is 0 Å². The predicted molar refractivity (Wildman–Crippen MR) is 89.5 cm³/mol. The third-order valence-corrected chi connectivity index (χ3v) is 3.95. The van der Waals surface area contributed by atoms with Crippen LogP contribution in [0, 0.1) is 0 Å². The lowest BCUT2D eigenvalue weighted by atomic mass is 10.1. The van der Waals surface area contributed by atoms with Gasteiger partial charge in [-0.25, -0.2) is 0 Å². The number of carbonyl (C=O) groups excluding carboxylic acids is 1. The van der Waals surface area contributed by atoms with E-state index in [1.807, 2.05) is 61.5 Å². The summed E-state index contributed by atoms with van der Waals surface area (Å²) in [5.74, 6) is 0.0460. The number of nitrogens with one attached hydrogen (secondary N) is 1. The van der Waals surface area contributed by atoms with Gasteiger partial charge in [-0.3, -0.25) is 4.79 Å². The molecule has 0 bridgehead atoms. The Morgan fingerprint density at radius 3 is 2.36 bits per heavy atom. The molecule has 0 saturated carbocycles. The maximum atomic E-state index is 12.2. The third kappa shape index (κ3) is 4.86. The van der Waals surface area contributed by atoms with Gasteiger partial charge in [0.2, 0.25) is 0 Å². The van der Waals surface area contributed by atoms with E-state index in [0.717, 1.165) is 16.1 Å². The number of hydrogen-bond donors (Lipinski definition) is 2. The zero-order chi connectivity index (χ0) is 15.9. The Morgan fingerprint density at radius 2 is 1.73 bits per heavy atom. The van der Waals surface area contributed by atoms with Crippen LogP contribution in [0.25, 0.3) is 0 Å². The molecule has 116 valence electrons. The highest BCUT2D eigenvalue weighted by molar-refractivity contribution is 6.30. The van der Waals surface area contributed by atoms with Crippen molar-refractivity contribution < 1.29 is 10.1 Å². The zero-order valence-corrected chi connectivity index (χ0v) is 13.7. The average molecular weight is 318 g/mol. The van der Waals surface area contributed by atoms with Gasteiger partial charge in [-0.15, -0.1) is 0 Å². The second-order valence-electron chi connectivity index (χ2n) is 5.52. The monoisotopic (exact) mass is 317 g/mol. The van der Waals surface area contributed by atoms with Gasteiger partial charge in [0.25, 0.3) is 5.91 Å².